The lowest BCUT2D eigenvalue weighted by Crippen LogP contribution is -2.37. The Morgan fingerprint density at radius 3 is 2.63 bits per heavy atom. The van der Waals surface area contributed by atoms with Gasteiger partial charge in [0.2, 0.25) is 0 Å². The molecule has 2 aromatic carbocycles. The summed E-state index contributed by atoms with van der Waals surface area (Å²) in [4.78, 5) is 7.78. The third-order valence-electron chi connectivity index (χ3n) is 4.02. The Hall–Kier alpha value is -2.61. The van der Waals surface area contributed by atoms with E-state index in [4.69, 9.17) is 0 Å². The van der Waals surface area contributed by atoms with Gasteiger partial charge in [-0.1, -0.05) is 42.5 Å². The molecule has 0 aliphatic rings. The molecule has 0 aliphatic heterocycles. The first-order valence-electron chi connectivity index (χ1n) is 8.40. The van der Waals surface area contributed by atoms with Crippen LogP contribution in [0.25, 0.3) is 10.8 Å². The predicted molar refractivity (Wildman–Crippen MR) is 103 cm³/mol. The fourth-order valence-corrected chi connectivity index (χ4v) is 3.49. The van der Waals surface area contributed by atoms with E-state index in [9.17, 15) is 13.2 Å². The van der Waals surface area contributed by atoms with Crippen LogP contribution in [-0.4, -0.2) is 24.5 Å². The van der Waals surface area contributed by atoms with Crippen LogP contribution in [0.15, 0.2) is 52.8 Å². The molecule has 0 unspecified atom stereocenters. The van der Waals surface area contributed by atoms with Crippen LogP contribution in [0.5, 0.6) is 0 Å². The first-order chi connectivity index (χ1) is 13.0. The highest BCUT2D eigenvalue weighted by Gasteiger charge is 2.33. The number of alkyl halides is 3. The van der Waals surface area contributed by atoms with Crippen LogP contribution in [0.3, 0.4) is 0 Å². The van der Waals surface area contributed by atoms with Crippen molar-refractivity contribution in [2.24, 2.45) is 4.99 Å². The topological polar surface area (TPSA) is 49.3 Å². The summed E-state index contributed by atoms with van der Waals surface area (Å²) < 4.78 is 37.7. The highest BCUT2D eigenvalue weighted by atomic mass is 32.1. The maximum absolute atomic E-state index is 12.6. The monoisotopic (exact) mass is 392 g/mol. The van der Waals surface area contributed by atoms with Gasteiger partial charge >= 0.3 is 6.18 Å². The standard InChI is InChI=1S/C19H19F3N4S/c1-23-18(24-10-9-17-26-16(12-27-17)19(20,21)22)25-11-14-7-4-6-13-5-2-3-8-15(13)14/h2-8,12H,9-11H2,1H3,(H2,23,24,25). The lowest BCUT2D eigenvalue weighted by molar-refractivity contribution is -0.140. The molecule has 0 amide bonds. The Bertz CT molecular complexity index is 929. The zero-order chi connectivity index (χ0) is 19.3. The van der Waals surface area contributed by atoms with Crippen LogP contribution < -0.4 is 10.6 Å². The lowest BCUT2D eigenvalue weighted by atomic mass is 10.0. The molecule has 4 nitrogen and oxygen atoms in total. The maximum Gasteiger partial charge on any atom is 0.434 e. The van der Waals surface area contributed by atoms with Crippen LogP contribution in [-0.2, 0) is 19.1 Å². The van der Waals surface area contributed by atoms with Gasteiger partial charge in [-0.25, -0.2) is 4.98 Å². The summed E-state index contributed by atoms with van der Waals surface area (Å²) in [6, 6.07) is 14.3. The quantitative estimate of drug-likeness (QED) is 0.505. The van der Waals surface area contributed by atoms with Crippen molar-refractivity contribution >= 4 is 28.1 Å². The van der Waals surface area contributed by atoms with Gasteiger partial charge in [0.25, 0.3) is 0 Å². The average molecular weight is 392 g/mol. The van der Waals surface area contributed by atoms with Crippen molar-refractivity contribution in [1.82, 2.24) is 15.6 Å². The number of hydrogen-bond donors (Lipinski definition) is 2. The van der Waals surface area contributed by atoms with Crippen molar-refractivity contribution in [2.75, 3.05) is 13.6 Å². The van der Waals surface area contributed by atoms with Crippen molar-refractivity contribution < 1.29 is 13.2 Å². The number of guanidine groups is 1. The van der Waals surface area contributed by atoms with Crippen molar-refractivity contribution in [1.29, 1.82) is 0 Å². The molecule has 0 aliphatic carbocycles. The van der Waals surface area contributed by atoms with Crippen LogP contribution in [0.2, 0.25) is 0 Å². The van der Waals surface area contributed by atoms with E-state index in [0.29, 0.717) is 30.5 Å². The molecule has 0 bridgehead atoms. The molecule has 3 rings (SSSR count). The Balaban J connectivity index is 1.53. The maximum atomic E-state index is 12.6. The molecule has 0 radical (unpaired) electrons. The molecule has 0 saturated carbocycles. The second-order valence-electron chi connectivity index (χ2n) is 5.87. The van der Waals surface area contributed by atoms with Gasteiger partial charge in [-0.05, 0) is 16.3 Å². The van der Waals surface area contributed by atoms with Crippen LogP contribution >= 0.6 is 11.3 Å². The number of thiazole rings is 1. The zero-order valence-electron chi connectivity index (χ0n) is 14.7. The number of nitrogens with zero attached hydrogens (tertiary/aromatic N) is 2. The highest BCUT2D eigenvalue weighted by Crippen LogP contribution is 2.30. The van der Waals surface area contributed by atoms with Gasteiger partial charge in [0.1, 0.15) is 0 Å². The fourth-order valence-electron chi connectivity index (χ4n) is 2.69. The molecule has 1 aromatic heterocycles. The van der Waals surface area contributed by atoms with Gasteiger partial charge in [-0.3, -0.25) is 4.99 Å². The minimum Gasteiger partial charge on any atom is -0.356 e. The average Bonchev–Trinajstić information content (AvgIpc) is 3.14. The first kappa shape index (κ1) is 19.2. The smallest absolute Gasteiger partial charge is 0.356 e. The molecule has 27 heavy (non-hydrogen) atoms. The van der Waals surface area contributed by atoms with Gasteiger partial charge in [0.15, 0.2) is 11.7 Å². The molecule has 0 spiro atoms. The van der Waals surface area contributed by atoms with E-state index in [1.165, 1.54) is 10.8 Å². The molecule has 142 valence electrons. The zero-order valence-corrected chi connectivity index (χ0v) is 15.5. The van der Waals surface area contributed by atoms with E-state index in [2.05, 4.69) is 44.9 Å². The Labute approximate surface area is 159 Å². The summed E-state index contributed by atoms with van der Waals surface area (Å²) in [5.41, 5.74) is 0.312. The second kappa shape index (κ2) is 8.39. The summed E-state index contributed by atoms with van der Waals surface area (Å²) in [6.45, 7) is 1.04. The third-order valence-corrected chi connectivity index (χ3v) is 4.93. The van der Waals surface area contributed by atoms with Crippen LogP contribution in [0, 0.1) is 0 Å². The molecule has 3 aromatic rings. The minimum atomic E-state index is -4.39. The molecule has 1 heterocycles. The predicted octanol–water partition coefficient (Wildman–Crippen LogP) is 4.22. The number of aliphatic imine (C=N–C) groups is 1. The van der Waals surface area contributed by atoms with Crippen molar-refractivity contribution in [3.05, 3.63) is 64.1 Å². The Morgan fingerprint density at radius 1 is 1.11 bits per heavy atom. The number of nitrogens with one attached hydrogen (secondary N) is 2. The summed E-state index contributed by atoms with van der Waals surface area (Å²) in [5.74, 6) is 0.593. The largest absolute Gasteiger partial charge is 0.434 e. The number of halogens is 3. The molecule has 8 heteroatoms. The Kier molecular flexibility index (Phi) is 5.95. The SMILES string of the molecule is CN=C(NCCc1nc(C(F)(F)F)cs1)NCc1cccc2ccccc12. The summed E-state index contributed by atoms with van der Waals surface area (Å²) in [7, 11) is 1.66. The number of hydrogen-bond acceptors (Lipinski definition) is 3. The summed E-state index contributed by atoms with van der Waals surface area (Å²) in [6.07, 6.45) is -3.99. The fraction of sp³-hybridized carbons (Fsp3) is 0.263. The van der Waals surface area contributed by atoms with Gasteiger partial charge in [0, 0.05) is 31.9 Å². The summed E-state index contributed by atoms with van der Waals surface area (Å²) in [5, 5.41) is 10.2. The van der Waals surface area contributed by atoms with E-state index in [0.717, 1.165) is 22.3 Å². The van der Waals surface area contributed by atoms with Crippen LogP contribution in [0.1, 0.15) is 16.3 Å². The molecule has 2 N–H and O–H groups in total. The third kappa shape index (κ3) is 4.97. The molecule has 0 atom stereocenters. The van der Waals surface area contributed by atoms with Crippen molar-refractivity contribution in [3.8, 4) is 0 Å². The van der Waals surface area contributed by atoms with E-state index < -0.39 is 11.9 Å². The van der Waals surface area contributed by atoms with E-state index in [1.54, 1.807) is 7.05 Å². The van der Waals surface area contributed by atoms with E-state index in [1.807, 2.05) is 18.2 Å². The Morgan fingerprint density at radius 2 is 1.89 bits per heavy atom. The molecule has 0 fully saturated rings. The molecule has 0 saturated heterocycles. The second-order valence-corrected chi connectivity index (χ2v) is 6.81. The number of fused-ring (bicyclic) bond motifs is 1. The van der Waals surface area contributed by atoms with Crippen molar-refractivity contribution in [2.45, 2.75) is 19.1 Å². The molecular weight excluding hydrogens is 373 g/mol. The number of benzene rings is 2. The highest BCUT2D eigenvalue weighted by molar-refractivity contribution is 7.09. The van der Waals surface area contributed by atoms with Gasteiger partial charge in [-0.15, -0.1) is 11.3 Å². The first-order valence-corrected chi connectivity index (χ1v) is 9.28. The van der Waals surface area contributed by atoms with Gasteiger partial charge in [-0.2, -0.15) is 13.2 Å². The van der Waals surface area contributed by atoms with E-state index in [-0.39, 0.29) is 0 Å². The summed E-state index contributed by atoms with van der Waals surface area (Å²) >= 11 is 1.02. The lowest BCUT2D eigenvalue weighted by Gasteiger charge is -2.13. The van der Waals surface area contributed by atoms with Crippen molar-refractivity contribution in [3.63, 3.8) is 0 Å². The number of rotatable bonds is 5. The van der Waals surface area contributed by atoms with Gasteiger partial charge in [0.05, 0.1) is 5.01 Å². The molecular formula is C19H19F3N4S. The normalized spacial score (nSPS) is 12.4. The van der Waals surface area contributed by atoms with Gasteiger partial charge < -0.3 is 10.6 Å². The minimum absolute atomic E-state index is 0.399. The van der Waals surface area contributed by atoms with Crippen LogP contribution in [0.4, 0.5) is 13.2 Å². The van der Waals surface area contributed by atoms with E-state index >= 15 is 0 Å². The number of aromatic nitrogens is 1.